The van der Waals surface area contributed by atoms with E-state index in [1.807, 2.05) is 36.4 Å². The van der Waals surface area contributed by atoms with Crippen LogP contribution in [0.15, 0.2) is 42.5 Å². The molecule has 3 aromatic rings. The molecule has 3 heterocycles. The third-order valence-electron chi connectivity index (χ3n) is 5.78. The molecule has 0 saturated carbocycles. The summed E-state index contributed by atoms with van der Waals surface area (Å²) in [5.41, 5.74) is 2.42. The number of nitrogens with zero attached hydrogens (tertiary/aromatic N) is 3. The standard InChI is InChI=1S/C25H26N4O4/c1-31-20-14-17(15-21-24(20)33-13-12-32-21)9-10-23(30)26-19-7-5-6-18(16-19)25-28-27-22-8-3-2-4-11-29(22)25/h5-7,9-10,14-16H,2-4,8,11-13H2,1H3,(H,26,30)/b10-9+. The van der Waals surface area contributed by atoms with Crippen LogP contribution in [0.3, 0.4) is 0 Å². The van der Waals surface area contributed by atoms with E-state index in [4.69, 9.17) is 14.2 Å². The van der Waals surface area contributed by atoms with Crippen LogP contribution in [0.1, 0.15) is 30.7 Å². The first-order valence-electron chi connectivity index (χ1n) is 11.2. The normalized spacial score (nSPS) is 15.1. The minimum Gasteiger partial charge on any atom is -0.493 e. The van der Waals surface area contributed by atoms with E-state index in [0.29, 0.717) is 36.1 Å². The number of methoxy groups -OCH3 is 1. The molecule has 170 valence electrons. The molecule has 0 aliphatic carbocycles. The van der Waals surface area contributed by atoms with Crippen molar-refractivity contribution in [1.82, 2.24) is 14.8 Å². The van der Waals surface area contributed by atoms with Crippen LogP contribution in [0, 0.1) is 0 Å². The number of ether oxygens (including phenoxy) is 3. The molecular formula is C25H26N4O4. The third-order valence-corrected chi connectivity index (χ3v) is 5.78. The summed E-state index contributed by atoms with van der Waals surface area (Å²) in [4.78, 5) is 12.6. The number of benzene rings is 2. The average Bonchev–Trinajstić information content (AvgIpc) is 3.10. The fraction of sp³-hybridized carbons (Fsp3) is 0.320. The molecule has 2 aliphatic heterocycles. The largest absolute Gasteiger partial charge is 0.493 e. The molecular weight excluding hydrogens is 420 g/mol. The molecule has 0 spiro atoms. The van der Waals surface area contributed by atoms with Crippen LogP contribution in [-0.4, -0.2) is 41.0 Å². The van der Waals surface area contributed by atoms with E-state index in [1.54, 1.807) is 13.2 Å². The zero-order valence-corrected chi connectivity index (χ0v) is 18.5. The summed E-state index contributed by atoms with van der Waals surface area (Å²) >= 11 is 0. The van der Waals surface area contributed by atoms with Crippen molar-refractivity contribution in [3.05, 3.63) is 53.9 Å². The highest BCUT2D eigenvalue weighted by molar-refractivity contribution is 6.02. The Labute approximate surface area is 192 Å². The Hall–Kier alpha value is -3.81. The van der Waals surface area contributed by atoms with Crippen molar-refractivity contribution in [2.45, 2.75) is 32.2 Å². The van der Waals surface area contributed by atoms with Crippen LogP contribution in [0.2, 0.25) is 0 Å². The summed E-state index contributed by atoms with van der Waals surface area (Å²) in [6.45, 7) is 1.89. The Bertz CT molecular complexity index is 1180. The van der Waals surface area contributed by atoms with Crippen molar-refractivity contribution in [2.24, 2.45) is 0 Å². The van der Waals surface area contributed by atoms with E-state index in [2.05, 4.69) is 20.1 Å². The number of hydrogen-bond acceptors (Lipinski definition) is 6. The van der Waals surface area contributed by atoms with Gasteiger partial charge in [-0.15, -0.1) is 10.2 Å². The van der Waals surface area contributed by atoms with Crippen molar-refractivity contribution < 1.29 is 19.0 Å². The van der Waals surface area contributed by atoms with E-state index in [-0.39, 0.29) is 5.91 Å². The Kier molecular flexibility index (Phi) is 5.97. The zero-order chi connectivity index (χ0) is 22.6. The molecule has 8 nitrogen and oxygen atoms in total. The van der Waals surface area contributed by atoms with Gasteiger partial charge in [0.05, 0.1) is 7.11 Å². The van der Waals surface area contributed by atoms with Gasteiger partial charge in [0, 0.05) is 30.3 Å². The van der Waals surface area contributed by atoms with E-state index in [0.717, 1.165) is 48.6 Å². The first-order chi connectivity index (χ1) is 16.2. The third kappa shape index (κ3) is 4.55. The van der Waals surface area contributed by atoms with Crippen molar-refractivity contribution in [2.75, 3.05) is 25.6 Å². The maximum absolute atomic E-state index is 12.6. The van der Waals surface area contributed by atoms with Gasteiger partial charge in [-0.2, -0.15) is 0 Å². The number of hydrogen-bond donors (Lipinski definition) is 1. The van der Waals surface area contributed by atoms with Crippen molar-refractivity contribution >= 4 is 17.7 Å². The monoisotopic (exact) mass is 446 g/mol. The van der Waals surface area contributed by atoms with Crippen LogP contribution in [-0.2, 0) is 17.8 Å². The Morgan fingerprint density at radius 2 is 2.03 bits per heavy atom. The van der Waals surface area contributed by atoms with Gasteiger partial charge in [-0.05, 0) is 48.7 Å². The molecule has 0 radical (unpaired) electrons. The zero-order valence-electron chi connectivity index (χ0n) is 18.5. The number of anilines is 1. The van der Waals surface area contributed by atoms with E-state index >= 15 is 0 Å². The summed E-state index contributed by atoms with van der Waals surface area (Å²) < 4.78 is 18.9. The van der Waals surface area contributed by atoms with Crippen molar-refractivity contribution in [1.29, 1.82) is 0 Å². The number of aromatic nitrogens is 3. The van der Waals surface area contributed by atoms with E-state index in [9.17, 15) is 4.79 Å². The summed E-state index contributed by atoms with van der Waals surface area (Å²) in [7, 11) is 1.58. The lowest BCUT2D eigenvalue weighted by Crippen LogP contribution is -2.16. The second-order valence-corrected chi connectivity index (χ2v) is 8.05. The Balaban J connectivity index is 1.31. The number of carbonyl (C=O) groups is 1. The number of aryl methyl sites for hydroxylation is 1. The summed E-state index contributed by atoms with van der Waals surface area (Å²) in [6, 6.07) is 11.4. The van der Waals surface area contributed by atoms with Gasteiger partial charge in [-0.25, -0.2) is 0 Å². The minimum absolute atomic E-state index is 0.235. The van der Waals surface area contributed by atoms with Crippen molar-refractivity contribution in [3.63, 3.8) is 0 Å². The van der Waals surface area contributed by atoms with Gasteiger partial charge >= 0.3 is 0 Å². The molecule has 1 aromatic heterocycles. The van der Waals surface area contributed by atoms with Gasteiger partial charge in [-0.1, -0.05) is 18.6 Å². The van der Waals surface area contributed by atoms with E-state index in [1.165, 1.54) is 12.5 Å². The van der Waals surface area contributed by atoms with Gasteiger partial charge in [0.15, 0.2) is 17.3 Å². The lowest BCUT2D eigenvalue weighted by molar-refractivity contribution is -0.111. The molecule has 1 amide bonds. The number of nitrogens with one attached hydrogen (secondary N) is 1. The summed E-state index contributed by atoms with van der Waals surface area (Å²) in [5.74, 6) is 3.43. The lowest BCUT2D eigenvalue weighted by Gasteiger charge is -2.20. The van der Waals surface area contributed by atoms with E-state index < -0.39 is 0 Å². The molecule has 8 heteroatoms. The van der Waals surface area contributed by atoms with Gasteiger partial charge < -0.3 is 24.1 Å². The lowest BCUT2D eigenvalue weighted by atomic mass is 10.1. The smallest absolute Gasteiger partial charge is 0.248 e. The van der Waals surface area contributed by atoms with Crippen molar-refractivity contribution in [3.8, 4) is 28.6 Å². The summed E-state index contributed by atoms with van der Waals surface area (Å²) in [5, 5.41) is 11.7. The van der Waals surface area contributed by atoms with Crippen LogP contribution in [0.25, 0.3) is 17.5 Å². The molecule has 5 rings (SSSR count). The molecule has 2 aliphatic rings. The molecule has 33 heavy (non-hydrogen) atoms. The minimum atomic E-state index is -0.235. The fourth-order valence-corrected chi connectivity index (χ4v) is 4.18. The predicted octanol–water partition coefficient (Wildman–Crippen LogP) is 4.10. The number of amides is 1. The molecule has 0 fully saturated rings. The number of rotatable bonds is 5. The number of fused-ring (bicyclic) bond motifs is 2. The molecule has 0 unspecified atom stereocenters. The molecule has 0 saturated heterocycles. The maximum atomic E-state index is 12.6. The SMILES string of the molecule is COc1cc(/C=C/C(=O)Nc2cccc(-c3nnc4n3CCCCC4)c2)cc2c1OCCO2. The highest BCUT2D eigenvalue weighted by Crippen LogP contribution is 2.40. The maximum Gasteiger partial charge on any atom is 0.248 e. The van der Waals surface area contributed by atoms with Gasteiger partial charge in [0.2, 0.25) is 11.7 Å². The first kappa shape index (κ1) is 21.1. The van der Waals surface area contributed by atoms with Crippen LogP contribution in [0.4, 0.5) is 5.69 Å². The second kappa shape index (κ2) is 9.36. The molecule has 1 N–H and O–H groups in total. The second-order valence-electron chi connectivity index (χ2n) is 8.05. The number of carbonyl (C=O) groups excluding carboxylic acids is 1. The topological polar surface area (TPSA) is 87.5 Å². The summed E-state index contributed by atoms with van der Waals surface area (Å²) in [6.07, 6.45) is 7.65. The van der Waals surface area contributed by atoms with Crippen LogP contribution >= 0.6 is 0 Å². The first-order valence-corrected chi connectivity index (χ1v) is 11.2. The van der Waals surface area contributed by atoms with Gasteiger partial charge in [0.25, 0.3) is 0 Å². The van der Waals surface area contributed by atoms with Gasteiger partial charge in [-0.3, -0.25) is 4.79 Å². The fourth-order valence-electron chi connectivity index (χ4n) is 4.18. The Morgan fingerprint density at radius 1 is 1.12 bits per heavy atom. The molecule has 0 bridgehead atoms. The highest BCUT2D eigenvalue weighted by atomic mass is 16.6. The van der Waals surface area contributed by atoms with Gasteiger partial charge in [0.1, 0.15) is 19.0 Å². The average molecular weight is 447 g/mol. The molecule has 2 aromatic carbocycles. The predicted molar refractivity (Wildman–Crippen MR) is 125 cm³/mol. The highest BCUT2D eigenvalue weighted by Gasteiger charge is 2.18. The van der Waals surface area contributed by atoms with Crippen LogP contribution < -0.4 is 19.5 Å². The van der Waals surface area contributed by atoms with Crippen LogP contribution in [0.5, 0.6) is 17.2 Å². The Morgan fingerprint density at radius 3 is 2.94 bits per heavy atom. The quantitative estimate of drug-likeness (QED) is 0.594. The molecule has 0 atom stereocenters.